The molecule has 0 bridgehead atoms. The number of anilines is 2. The van der Waals surface area contributed by atoms with Crippen molar-refractivity contribution < 1.29 is 14.4 Å². The molecular formula is C30H26N4O3. The van der Waals surface area contributed by atoms with E-state index in [2.05, 4.69) is 10.3 Å². The third kappa shape index (κ3) is 4.02. The smallest absolute Gasteiger partial charge is 0.260 e. The molecule has 0 spiro atoms. The molecule has 37 heavy (non-hydrogen) atoms. The van der Waals surface area contributed by atoms with Gasteiger partial charge in [-0.3, -0.25) is 24.3 Å². The molecule has 3 heterocycles. The number of amides is 3. The van der Waals surface area contributed by atoms with Gasteiger partial charge in [-0.25, -0.2) is 0 Å². The van der Waals surface area contributed by atoms with Crippen LogP contribution in [0, 0.1) is 0 Å². The molecule has 0 fully saturated rings. The van der Waals surface area contributed by atoms with Crippen molar-refractivity contribution >= 4 is 40.0 Å². The van der Waals surface area contributed by atoms with Crippen molar-refractivity contribution in [1.82, 2.24) is 9.88 Å². The van der Waals surface area contributed by atoms with Crippen LogP contribution in [0.25, 0.3) is 10.9 Å². The Hall–Kier alpha value is -4.52. The predicted molar refractivity (Wildman–Crippen MR) is 142 cm³/mol. The van der Waals surface area contributed by atoms with Crippen molar-refractivity contribution in [2.75, 3.05) is 16.8 Å². The second kappa shape index (κ2) is 9.50. The first kappa shape index (κ1) is 22.9. The molecule has 0 saturated carbocycles. The van der Waals surface area contributed by atoms with Gasteiger partial charge in [0, 0.05) is 35.7 Å². The number of nitrogens with one attached hydrogen (secondary N) is 1. The second-order valence-corrected chi connectivity index (χ2v) is 9.39. The molecular weight excluding hydrogens is 464 g/mol. The van der Waals surface area contributed by atoms with Crippen molar-refractivity contribution in [3.63, 3.8) is 0 Å². The standard InChI is InChI=1S/C30H26N4O3/c35-27(32-25-15-8-14-24-22(25)13-9-18-31-24)17-2-1-7-19-33-28-20-10-3-4-11-21(20)30(37)34(28)26-16-6-5-12-23(26)29(33)36/h3-6,8-16,18,28H,1-2,7,17,19H2,(H,32,35)/t28-/m0/s1. The zero-order valence-electron chi connectivity index (χ0n) is 20.3. The number of fused-ring (bicyclic) bond motifs is 6. The number of carbonyl (C=O) groups is 3. The Kier molecular flexibility index (Phi) is 5.88. The van der Waals surface area contributed by atoms with Gasteiger partial charge in [0.05, 0.1) is 22.5 Å². The second-order valence-electron chi connectivity index (χ2n) is 9.39. The molecule has 184 valence electrons. The van der Waals surface area contributed by atoms with Gasteiger partial charge in [-0.1, -0.05) is 42.8 Å². The zero-order chi connectivity index (χ0) is 25.4. The van der Waals surface area contributed by atoms with Crippen LogP contribution < -0.4 is 10.2 Å². The Labute approximate surface area is 214 Å². The van der Waals surface area contributed by atoms with Gasteiger partial charge in [0.1, 0.15) is 6.17 Å². The Balaban J connectivity index is 1.11. The first-order valence-corrected chi connectivity index (χ1v) is 12.6. The van der Waals surface area contributed by atoms with E-state index in [1.54, 1.807) is 22.1 Å². The van der Waals surface area contributed by atoms with E-state index in [1.807, 2.05) is 72.8 Å². The number of rotatable bonds is 7. The lowest BCUT2D eigenvalue weighted by molar-refractivity contribution is -0.116. The van der Waals surface area contributed by atoms with Gasteiger partial charge in [0.15, 0.2) is 0 Å². The van der Waals surface area contributed by atoms with Crippen LogP contribution in [0.4, 0.5) is 11.4 Å². The van der Waals surface area contributed by atoms with Gasteiger partial charge >= 0.3 is 0 Å². The molecule has 7 nitrogen and oxygen atoms in total. The Bertz CT molecular complexity index is 1530. The van der Waals surface area contributed by atoms with Crippen LogP contribution in [0.1, 0.15) is 58.1 Å². The maximum atomic E-state index is 13.5. The van der Waals surface area contributed by atoms with Crippen molar-refractivity contribution in [1.29, 1.82) is 0 Å². The lowest BCUT2D eigenvalue weighted by Crippen LogP contribution is -2.48. The molecule has 0 radical (unpaired) electrons. The highest BCUT2D eigenvalue weighted by atomic mass is 16.2. The minimum atomic E-state index is -0.436. The maximum Gasteiger partial charge on any atom is 0.260 e. The highest BCUT2D eigenvalue weighted by molar-refractivity contribution is 6.16. The van der Waals surface area contributed by atoms with E-state index >= 15 is 0 Å². The number of nitrogens with zero attached hydrogens (tertiary/aromatic N) is 3. The lowest BCUT2D eigenvalue weighted by Gasteiger charge is -2.41. The average Bonchev–Trinajstić information content (AvgIpc) is 3.23. The Morgan fingerprint density at radius 2 is 1.62 bits per heavy atom. The van der Waals surface area contributed by atoms with Gasteiger partial charge in [-0.15, -0.1) is 0 Å². The molecule has 6 rings (SSSR count). The number of carbonyl (C=O) groups excluding carboxylic acids is 3. The molecule has 7 heteroatoms. The number of hydrogen-bond acceptors (Lipinski definition) is 4. The SMILES string of the molecule is O=C(CCCCCN1C(=O)c2ccccc2N2C(=O)c3ccccc3[C@@H]12)Nc1cccc2ncccc12. The third-order valence-corrected chi connectivity index (χ3v) is 7.11. The summed E-state index contributed by atoms with van der Waals surface area (Å²) in [6.07, 6.45) is 3.92. The average molecular weight is 491 g/mol. The largest absolute Gasteiger partial charge is 0.325 e. The molecule has 2 aliphatic rings. The van der Waals surface area contributed by atoms with E-state index in [4.69, 9.17) is 0 Å². The van der Waals surface area contributed by atoms with Gasteiger partial charge in [-0.2, -0.15) is 0 Å². The molecule has 2 aliphatic heterocycles. The van der Waals surface area contributed by atoms with E-state index in [9.17, 15) is 14.4 Å². The minimum absolute atomic E-state index is 0.0409. The fraction of sp³-hybridized carbons (Fsp3) is 0.200. The van der Waals surface area contributed by atoms with Crippen LogP contribution in [0.15, 0.2) is 85.1 Å². The van der Waals surface area contributed by atoms with Crippen molar-refractivity contribution in [3.05, 3.63) is 102 Å². The number of benzene rings is 3. The first-order valence-electron chi connectivity index (χ1n) is 12.6. The van der Waals surface area contributed by atoms with Gasteiger partial charge in [-0.05, 0) is 55.3 Å². The summed E-state index contributed by atoms with van der Waals surface area (Å²) in [5.74, 6) is -0.185. The topological polar surface area (TPSA) is 82.6 Å². The fourth-order valence-corrected chi connectivity index (χ4v) is 5.37. The van der Waals surface area contributed by atoms with Crippen LogP contribution in [-0.4, -0.2) is 34.2 Å². The predicted octanol–water partition coefficient (Wildman–Crippen LogP) is 5.55. The number of aromatic nitrogens is 1. The van der Waals surface area contributed by atoms with E-state index in [0.29, 0.717) is 36.2 Å². The third-order valence-electron chi connectivity index (χ3n) is 7.11. The molecule has 3 aromatic carbocycles. The molecule has 0 aliphatic carbocycles. The summed E-state index contributed by atoms with van der Waals surface area (Å²) in [7, 11) is 0. The molecule has 0 saturated heterocycles. The highest BCUT2D eigenvalue weighted by Crippen LogP contribution is 2.45. The number of pyridine rings is 1. The van der Waals surface area contributed by atoms with Crippen LogP contribution in [0.5, 0.6) is 0 Å². The minimum Gasteiger partial charge on any atom is -0.325 e. The summed E-state index contributed by atoms with van der Waals surface area (Å²) in [4.78, 5) is 47.2. The summed E-state index contributed by atoms with van der Waals surface area (Å²) in [6, 6.07) is 24.3. The normalized spacial score (nSPS) is 15.9. The van der Waals surface area contributed by atoms with Gasteiger partial charge in [0.2, 0.25) is 5.91 Å². The van der Waals surface area contributed by atoms with Crippen molar-refractivity contribution in [2.45, 2.75) is 31.8 Å². The fourth-order valence-electron chi connectivity index (χ4n) is 5.37. The summed E-state index contributed by atoms with van der Waals surface area (Å²) < 4.78 is 0. The summed E-state index contributed by atoms with van der Waals surface area (Å²) >= 11 is 0. The van der Waals surface area contributed by atoms with Crippen LogP contribution in [0.2, 0.25) is 0 Å². The molecule has 1 aromatic heterocycles. The van der Waals surface area contributed by atoms with E-state index in [-0.39, 0.29) is 17.7 Å². The lowest BCUT2D eigenvalue weighted by atomic mass is 10.0. The molecule has 0 unspecified atom stereocenters. The monoisotopic (exact) mass is 490 g/mol. The van der Waals surface area contributed by atoms with Crippen LogP contribution >= 0.6 is 0 Å². The van der Waals surface area contributed by atoms with E-state index in [0.717, 1.165) is 35.0 Å². The first-order chi connectivity index (χ1) is 18.1. The summed E-state index contributed by atoms with van der Waals surface area (Å²) in [6.45, 7) is 0.507. The number of hydrogen-bond donors (Lipinski definition) is 1. The summed E-state index contributed by atoms with van der Waals surface area (Å²) in [5.41, 5.74) is 4.31. The van der Waals surface area contributed by atoms with Gasteiger partial charge < -0.3 is 10.2 Å². The maximum absolute atomic E-state index is 13.5. The number of unbranched alkanes of at least 4 members (excludes halogenated alkanes) is 2. The Morgan fingerprint density at radius 1 is 0.811 bits per heavy atom. The van der Waals surface area contributed by atoms with Crippen LogP contribution in [-0.2, 0) is 4.79 Å². The van der Waals surface area contributed by atoms with Crippen LogP contribution in [0.3, 0.4) is 0 Å². The molecule has 1 atom stereocenters. The zero-order valence-corrected chi connectivity index (χ0v) is 20.3. The highest BCUT2D eigenvalue weighted by Gasteiger charge is 2.47. The number of para-hydroxylation sites is 1. The van der Waals surface area contributed by atoms with Crippen molar-refractivity contribution in [3.8, 4) is 0 Å². The van der Waals surface area contributed by atoms with Crippen molar-refractivity contribution in [2.24, 2.45) is 0 Å². The molecule has 1 N–H and O–H groups in total. The van der Waals surface area contributed by atoms with Gasteiger partial charge in [0.25, 0.3) is 11.8 Å². The molecule has 4 aromatic rings. The quantitative estimate of drug-likeness (QED) is 0.345. The van der Waals surface area contributed by atoms with E-state index < -0.39 is 6.17 Å². The molecule has 3 amide bonds. The Morgan fingerprint density at radius 3 is 2.51 bits per heavy atom. The van der Waals surface area contributed by atoms with E-state index in [1.165, 1.54) is 0 Å². The summed E-state index contributed by atoms with van der Waals surface area (Å²) in [5, 5.41) is 3.92.